The van der Waals surface area contributed by atoms with Crippen molar-refractivity contribution < 1.29 is 19.2 Å². The van der Waals surface area contributed by atoms with E-state index in [0.29, 0.717) is 5.48 Å². The highest BCUT2D eigenvalue weighted by atomic mass is 31.1. The van der Waals surface area contributed by atoms with E-state index in [0.717, 1.165) is 42.6 Å². The highest BCUT2D eigenvalue weighted by Crippen LogP contribution is 2.69. The van der Waals surface area contributed by atoms with Crippen molar-refractivity contribution in [1.29, 1.82) is 0 Å². The molecule has 0 N–H and O–H groups in total. The minimum Gasteiger partial charge on any atom is -0.601 e. The fourth-order valence-electron chi connectivity index (χ4n) is 6.41. The van der Waals surface area contributed by atoms with E-state index in [1.54, 1.807) is 0 Å². The summed E-state index contributed by atoms with van der Waals surface area (Å²) in [6.07, 6.45) is 7.51. The van der Waals surface area contributed by atoms with Crippen LogP contribution in [0.25, 0.3) is 0 Å². The zero-order valence-corrected chi connectivity index (χ0v) is 14.8. The van der Waals surface area contributed by atoms with Gasteiger partial charge in [0.25, 0.3) is 8.00 Å². The molecule has 0 amide bonds. The summed E-state index contributed by atoms with van der Waals surface area (Å²) in [6.45, 7) is 0. The lowest BCUT2D eigenvalue weighted by molar-refractivity contribution is -0.405. The van der Waals surface area contributed by atoms with Gasteiger partial charge in [-0.05, 0) is 61.8 Å². The second-order valence-corrected chi connectivity index (χ2v) is 9.44. The molecule has 1 saturated heterocycles. The largest absolute Gasteiger partial charge is 0.601 e. The average Bonchev–Trinajstić information content (AvgIpc) is 2.53. The molecule has 0 spiro atoms. The van der Waals surface area contributed by atoms with Gasteiger partial charge in [-0.25, -0.2) is 4.89 Å². The summed E-state index contributed by atoms with van der Waals surface area (Å²) in [4.78, 5) is 23.8. The quantitative estimate of drug-likeness (QED) is 0.621. The van der Waals surface area contributed by atoms with Crippen LogP contribution in [0.4, 0.5) is 0 Å². The van der Waals surface area contributed by atoms with Crippen molar-refractivity contribution in [2.24, 2.45) is 23.2 Å². The second-order valence-electron chi connectivity index (χ2n) is 8.16. The summed E-state index contributed by atoms with van der Waals surface area (Å²) in [7, 11) is -0.522. The normalized spacial score (nSPS) is 45.2. The SMILES string of the molecule is CO/[P+]([O-])=C1\OOC1(c1ccccc1)C12CC3CC(CC(C3)C1)C2. The fourth-order valence-corrected chi connectivity index (χ4v) is 7.34. The Morgan fingerprint density at radius 3 is 2.08 bits per heavy atom. The minimum absolute atomic E-state index is 0.000208. The first-order valence-corrected chi connectivity index (χ1v) is 10.1. The van der Waals surface area contributed by atoms with Gasteiger partial charge in [0.05, 0.1) is 7.11 Å². The number of hydrogen-bond acceptors (Lipinski definition) is 4. The van der Waals surface area contributed by atoms with E-state index in [2.05, 4.69) is 12.1 Å². The Morgan fingerprint density at radius 2 is 1.62 bits per heavy atom. The van der Waals surface area contributed by atoms with Gasteiger partial charge in [-0.2, -0.15) is 4.52 Å². The lowest BCUT2D eigenvalue weighted by Gasteiger charge is -2.63. The van der Waals surface area contributed by atoms with E-state index in [1.807, 2.05) is 18.2 Å². The Bertz CT molecular complexity index is 651. The second kappa shape index (κ2) is 5.36. The Labute approximate surface area is 143 Å². The Kier molecular flexibility index (Phi) is 3.46. The first-order valence-electron chi connectivity index (χ1n) is 8.97. The van der Waals surface area contributed by atoms with Crippen LogP contribution in [0.5, 0.6) is 0 Å². The van der Waals surface area contributed by atoms with Gasteiger partial charge in [0.2, 0.25) is 5.60 Å². The molecule has 6 rings (SSSR count). The lowest BCUT2D eigenvalue weighted by Crippen LogP contribution is -2.66. The van der Waals surface area contributed by atoms with Crippen molar-refractivity contribution in [3.05, 3.63) is 35.9 Å². The van der Waals surface area contributed by atoms with Crippen LogP contribution in [0.2, 0.25) is 0 Å². The maximum absolute atomic E-state index is 12.6. The predicted octanol–water partition coefficient (Wildman–Crippen LogP) is 3.51. The van der Waals surface area contributed by atoms with E-state index in [1.165, 1.54) is 26.4 Å². The van der Waals surface area contributed by atoms with Crippen molar-refractivity contribution in [1.82, 2.24) is 0 Å². The van der Waals surface area contributed by atoms with Crippen LogP contribution < -0.4 is 4.89 Å². The van der Waals surface area contributed by atoms with Crippen molar-refractivity contribution in [2.45, 2.75) is 44.1 Å². The summed E-state index contributed by atoms with van der Waals surface area (Å²) in [5, 5.41) is 0. The van der Waals surface area contributed by atoms with Crippen LogP contribution in [0.1, 0.15) is 44.1 Å². The monoisotopic (exact) mass is 346 g/mol. The molecule has 4 bridgehead atoms. The molecule has 5 heteroatoms. The standard InChI is InChI=1S/C19H23O4P/c1-21-24(20)17-19(23-22-17,16-5-3-2-4-6-16)18-10-13-7-14(11-18)9-15(8-13)12-18/h2-6,13-15H,7-12H2,1H3. The highest BCUT2D eigenvalue weighted by molar-refractivity contribution is 7.46. The zero-order valence-electron chi connectivity index (χ0n) is 13.9. The summed E-state index contributed by atoms with van der Waals surface area (Å²) >= 11 is 0. The number of hydrogen-bond donors (Lipinski definition) is 0. The van der Waals surface area contributed by atoms with Gasteiger partial charge in [-0.1, -0.05) is 30.3 Å². The van der Waals surface area contributed by atoms with Gasteiger partial charge in [0.15, 0.2) is 0 Å². The molecule has 1 aliphatic heterocycles. The van der Waals surface area contributed by atoms with Crippen molar-refractivity contribution in [3.8, 4) is 0 Å². The van der Waals surface area contributed by atoms with Crippen molar-refractivity contribution >= 4 is 13.5 Å². The predicted molar refractivity (Wildman–Crippen MR) is 89.8 cm³/mol. The van der Waals surface area contributed by atoms with Gasteiger partial charge in [-0.15, -0.1) is 4.89 Å². The molecule has 1 aromatic carbocycles. The van der Waals surface area contributed by atoms with E-state index in [4.69, 9.17) is 14.3 Å². The summed E-state index contributed by atoms with van der Waals surface area (Å²) in [5.41, 5.74) is 0.857. The summed E-state index contributed by atoms with van der Waals surface area (Å²) in [5.74, 6) is 2.34. The van der Waals surface area contributed by atoms with Crippen LogP contribution in [-0.2, 0) is 19.9 Å². The van der Waals surface area contributed by atoms with E-state index < -0.39 is 13.6 Å². The van der Waals surface area contributed by atoms with Crippen molar-refractivity contribution in [3.63, 3.8) is 0 Å². The first-order chi connectivity index (χ1) is 11.7. The molecule has 4 aliphatic carbocycles. The molecule has 0 radical (unpaired) electrons. The Hall–Kier alpha value is -0.770. The molecule has 24 heavy (non-hydrogen) atoms. The first kappa shape index (κ1) is 15.5. The van der Waals surface area contributed by atoms with Gasteiger partial charge in [-0.3, -0.25) is 0 Å². The van der Waals surface area contributed by atoms with Gasteiger partial charge >= 0.3 is 5.48 Å². The fraction of sp³-hybridized carbons (Fsp3) is 0.632. The minimum atomic E-state index is -2.00. The molecule has 0 aromatic heterocycles. The third kappa shape index (κ3) is 1.92. The molecular weight excluding hydrogens is 323 g/mol. The van der Waals surface area contributed by atoms with E-state index in [9.17, 15) is 4.89 Å². The zero-order chi connectivity index (χ0) is 16.4. The van der Waals surface area contributed by atoms with E-state index >= 15 is 0 Å². The third-order valence-corrected chi connectivity index (χ3v) is 7.90. The molecule has 5 fully saturated rings. The molecule has 1 heterocycles. The molecule has 4 saturated carbocycles. The smallest absolute Gasteiger partial charge is 0.324 e. The number of rotatable bonds is 3. The third-order valence-electron chi connectivity index (χ3n) is 6.84. The summed E-state index contributed by atoms with van der Waals surface area (Å²) < 4.78 is 5.16. The van der Waals surface area contributed by atoms with Crippen LogP contribution >= 0.6 is 8.00 Å². The maximum atomic E-state index is 12.6. The Balaban J connectivity index is 1.68. The van der Waals surface area contributed by atoms with Gasteiger partial charge < -0.3 is 4.89 Å². The van der Waals surface area contributed by atoms with Crippen LogP contribution in [0, 0.1) is 23.2 Å². The molecule has 4 nitrogen and oxygen atoms in total. The average molecular weight is 346 g/mol. The van der Waals surface area contributed by atoms with Crippen molar-refractivity contribution in [2.75, 3.05) is 7.11 Å². The lowest BCUT2D eigenvalue weighted by atomic mass is 9.44. The maximum Gasteiger partial charge on any atom is 0.324 e. The van der Waals surface area contributed by atoms with Crippen LogP contribution in [0.15, 0.2) is 30.3 Å². The summed E-state index contributed by atoms with van der Waals surface area (Å²) in [6, 6.07) is 10.2. The number of benzene rings is 1. The van der Waals surface area contributed by atoms with Gasteiger partial charge in [0, 0.05) is 5.41 Å². The molecule has 1 aromatic rings. The van der Waals surface area contributed by atoms with Gasteiger partial charge in [0.1, 0.15) is 0 Å². The van der Waals surface area contributed by atoms with Crippen LogP contribution in [-0.4, -0.2) is 12.6 Å². The molecule has 128 valence electrons. The van der Waals surface area contributed by atoms with E-state index in [-0.39, 0.29) is 5.41 Å². The highest BCUT2D eigenvalue weighted by Gasteiger charge is 2.72. The molecule has 2 atom stereocenters. The Morgan fingerprint density at radius 1 is 1.04 bits per heavy atom. The molecular formula is C19H23O4P. The molecule has 2 unspecified atom stereocenters. The topological polar surface area (TPSA) is 50.8 Å². The van der Waals surface area contributed by atoms with Crippen LogP contribution in [0.3, 0.4) is 0 Å². The molecule has 5 aliphatic rings.